The van der Waals surface area contributed by atoms with Crippen LogP contribution in [0.2, 0.25) is 0 Å². The number of nitrogens with zero attached hydrogens (tertiary/aromatic N) is 5. The van der Waals surface area contributed by atoms with Crippen molar-refractivity contribution < 1.29 is 0 Å². The highest BCUT2D eigenvalue weighted by Crippen LogP contribution is 2.33. The van der Waals surface area contributed by atoms with Crippen LogP contribution >= 0.6 is 0 Å². The van der Waals surface area contributed by atoms with Crippen LogP contribution in [0.1, 0.15) is 17.5 Å². The first-order valence-corrected chi connectivity index (χ1v) is 8.40. The first kappa shape index (κ1) is 14.6. The Kier molecular flexibility index (Phi) is 3.97. The van der Waals surface area contributed by atoms with Crippen molar-refractivity contribution in [3.8, 4) is 5.69 Å². The van der Waals surface area contributed by atoms with Crippen LogP contribution in [-0.2, 0) is 6.42 Å². The molecule has 2 aliphatic rings. The van der Waals surface area contributed by atoms with Gasteiger partial charge in [-0.15, -0.1) is 5.10 Å². The van der Waals surface area contributed by atoms with Gasteiger partial charge in [-0.05, 0) is 42.7 Å². The average Bonchev–Trinajstić information content (AvgIpc) is 3.24. The van der Waals surface area contributed by atoms with Crippen molar-refractivity contribution in [3.63, 3.8) is 0 Å². The van der Waals surface area contributed by atoms with Gasteiger partial charge >= 0.3 is 0 Å². The van der Waals surface area contributed by atoms with Crippen LogP contribution in [0.15, 0.2) is 36.7 Å². The topological polar surface area (TPSA) is 37.2 Å². The maximum Gasteiger partial charge on any atom is 0.0704 e. The number of likely N-dealkylation sites (N-methyl/N-ethyl adjacent to an activating group) is 1. The van der Waals surface area contributed by atoms with Crippen molar-refractivity contribution in [1.29, 1.82) is 0 Å². The Morgan fingerprint density at radius 3 is 2.78 bits per heavy atom. The highest BCUT2D eigenvalue weighted by atomic mass is 15.4. The van der Waals surface area contributed by atoms with Gasteiger partial charge in [0.1, 0.15) is 0 Å². The van der Waals surface area contributed by atoms with Gasteiger partial charge in [-0.2, -0.15) is 0 Å². The van der Waals surface area contributed by atoms with E-state index in [2.05, 4.69) is 51.4 Å². The maximum atomic E-state index is 4.15. The average molecular weight is 309 g/mol. The third-order valence-corrected chi connectivity index (χ3v) is 5.01. The number of piperazine rings is 1. The molecule has 2 heterocycles. The van der Waals surface area contributed by atoms with E-state index in [0.717, 1.165) is 25.1 Å². The van der Waals surface area contributed by atoms with Crippen LogP contribution in [-0.4, -0.2) is 64.6 Å². The third-order valence-electron chi connectivity index (χ3n) is 5.01. The predicted molar refractivity (Wildman–Crippen MR) is 91.6 cm³/mol. The molecule has 0 amide bonds. The van der Waals surface area contributed by atoms with Gasteiger partial charge in [0, 0.05) is 32.7 Å². The van der Waals surface area contributed by atoms with E-state index < -0.39 is 0 Å². The lowest BCUT2D eigenvalue weighted by molar-refractivity contribution is 0.157. The summed E-state index contributed by atoms with van der Waals surface area (Å²) in [5.41, 5.74) is 5.42. The fourth-order valence-corrected chi connectivity index (χ4v) is 3.56. The highest BCUT2D eigenvalue weighted by Gasteiger charge is 2.20. The van der Waals surface area contributed by atoms with E-state index in [-0.39, 0.29) is 0 Å². The van der Waals surface area contributed by atoms with Gasteiger partial charge in [-0.25, -0.2) is 4.68 Å². The van der Waals surface area contributed by atoms with Crippen molar-refractivity contribution in [2.24, 2.45) is 0 Å². The SMILES string of the molecule is CN1CCN(CCC2=CCc3c2cccc3-n2ccnn2)CC1. The molecule has 23 heavy (non-hydrogen) atoms. The van der Waals surface area contributed by atoms with Crippen molar-refractivity contribution in [3.05, 3.63) is 47.8 Å². The van der Waals surface area contributed by atoms with Crippen LogP contribution in [0.3, 0.4) is 0 Å². The van der Waals surface area contributed by atoms with Crippen LogP contribution in [0.25, 0.3) is 11.3 Å². The monoisotopic (exact) mass is 309 g/mol. The molecule has 0 bridgehead atoms. The Morgan fingerprint density at radius 1 is 1.13 bits per heavy atom. The van der Waals surface area contributed by atoms with Gasteiger partial charge < -0.3 is 9.80 Å². The molecule has 1 aliphatic carbocycles. The lowest BCUT2D eigenvalue weighted by Gasteiger charge is -2.32. The number of allylic oxidation sites excluding steroid dienone is 1. The first-order valence-electron chi connectivity index (χ1n) is 8.40. The van der Waals surface area contributed by atoms with Crippen molar-refractivity contribution in [2.45, 2.75) is 12.8 Å². The summed E-state index contributed by atoms with van der Waals surface area (Å²) < 4.78 is 1.87. The summed E-state index contributed by atoms with van der Waals surface area (Å²) >= 11 is 0. The Hall–Kier alpha value is -1.98. The molecule has 2 aromatic rings. The molecule has 5 heteroatoms. The highest BCUT2D eigenvalue weighted by molar-refractivity contribution is 5.76. The van der Waals surface area contributed by atoms with E-state index in [1.165, 1.54) is 42.9 Å². The lowest BCUT2D eigenvalue weighted by atomic mass is 10.0. The van der Waals surface area contributed by atoms with E-state index in [0.29, 0.717) is 0 Å². The van der Waals surface area contributed by atoms with E-state index in [1.54, 1.807) is 6.20 Å². The molecular weight excluding hydrogens is 286 g/mol. The van der Waals surface area contributed by atoms with E-state index in [9.17, 15) is 0 Å². The van der Waals surface area contributed by atoms with Crippen LogP contribution < -0.4 is 0 Å². The Bertz CT molecular complexity index is 696. The predicted octanol–water partition coefficient (Wildman–Crippen LogP) is 1.84. The zero-order valence-electron chi connectivity index (χ0n) is 13.6. The second-order valence-corrected chi connectivity index (χ2v) is 6.48. The van der Waals surface area contributed by atoms with Crippen molar-refractivity contribution in [1.82, 2.24) is 24.8 Å². The summed E-state index contributed by atoms with van der Waals surface area (Å²) in [5, 5.41) is 8.08. The second-order valence-electron chi connectivity index (χ2n) is 6.48. The summed E-state index contributed by atoms with van der Waals surface area (Å²) in [6, 6.07) is 6.51. The lowest BCUT2D eigenvalue weighted by Crippen LogP contribution is -2.44. The van der Waals surface area contributed by atoms with Gasteiger partial charge in [0.15, 0.2) is 0 Å². The van der Waals surface area contributed by atoms with Gasteiger partial charge in [0.05, 0.1) is 18.1 Å². The molecule has 0 atom stereocenters. The molecule has 0 radical (unpaired) electrons. The molecular formula is C18H23N5. The van der Waals surface area contributed by atoms with Crippen LogP contribution in [0, 0.1) is 0 Å². The smallest absolute Gasteiger partial charge is 0.0704 e. The minimum Gasteiger partial charge on any atom is -0.304 e. The summed E-state index contributed by atoms with van der Waals surface area (Å²) in [4.78, 5) is 4.99. The number of benzene rings is 1. The van der Waals surface area contributed by atoms with Gasteiger partial charge in [-0.1, -0.05) is 23.4 Å². The number of aromatic nitrogens is 3. The molecule has 1 aliphatic heterocycles. The molecule has 1 saturated heterocycles. The van der Waals surface area contributed by atoms with E-state index in [1.807, 2.05) is 10.9 Å². The van der Waals surface area contributed by atoms with Gasteiger partial charge in [0.2, 0.25) is 0 Å². The molecule has 0 unspecified atom stereocenters. The Morgan fingerprint density at radius 2 is 2.00 bits per heavy atom. The van der Waals surface area contributed by atoms with Gasteiger partial charge in [-0.3, -0.25) is 0 Å². The normalized spacial score (nSPS) is 18.9. The summed E-state index contributed by atoms with van der Waals surface area (Å²) in [6.45, 7) is 5.91. The molecule has 0 spiro atoms. The molecule has 0 N–H and O–H groups in total. The second kappa shape index (κ2) is 6.26. The molecule has 1 aromatic carbocycles. The Labute approximate surface area is 137 Å². The van der Waals surface area contributed by atoms with Crippen molar-refractivity contribution >= 4 is 5.57 Å². The number of rotatable bonds is 4. The quantitative estimate of drug-likeness (QED) is 0.864. The number of hydrogen-bond donors (Lipinski definition) is 0. The summed E-state index contributed by atoms with van der Waals surface area (Å²) in [5.74, 6) is 0. The minimum atomic E-state index is 1.00. The maximum absolute atomic E-state index is 4.15. The minimum absolute atomic E-state index is 1.00. The Balaban J connectivity index is 1.47. The molecule has 120 valence electrons. The van der Waals surface area contributed by atoms with Crippen LogP contribution in [0.5, 0.6) is 0 Å². The fraction of sp³-hybridized carbons (Fsp3) is 0.444. The van der Waals surface area contributed by atoms with E-state index >= 15 is 0 Å². The molecule has 1 aromatic heterocycles. The molecule has 1 fully saturated rings. The fourth-order valence-electron chi connectivity index (χ4n) is 3.56. The number of fused-ring (bicyclic) bond motifs is 1. The van der Waals surface area contributed by atoms with E-state index in [4.69, 9.17) is 0 Å². The third kappa shape index (κ3) is 2.94. The zero-order chi connectivity index (χ0) is 15.6. The van der Waals surface area contributed by atoms with Crippen molar-refractivity contribution in [2.75, 3.05) is 39.8 Å². The molecule has 5 nitrogen and oxygen atoms in total. The summed E-state index contributed by atoms with van der Waals surface area (Å²) in [6.07, 6.45) is 8.18. The number of hydrogen-bond acceptors (Lipinski definition) is 4. The van der Waals surface area contributed by atoms with Crippen LogP contribution in [0.4, 0.5) is 0 Å². The zero-order valence-corrected chi connectivity index (χ0v) is 13.6. The molecule has 0 saturated carbocycles. The van der Waals surface area contributed by atoms with Gasteiger partial charge in [0.25, 0.3) is 0 Å². The standard InChI is InChI=1S/C18H23N5/c1-21-11-13-22(14-12-21)9-7-15-5-6-17-16(15)3-2-4-18(17)23-10-8-19-20-23/h2-5,8,10H,6-7,9,11-14H2,1H3. The molecule has 4 rings (SSSR count). The first-order chi connectivity index (χ1) is 11.3. The summed E-state index contributed by atoms with van der Waals surface area (Å²) in [7, 11) is 2.21. The largest absolute Gasteiger partial charge is 0.304 e.